The number of unbranched alkanes of at least 4 members (excludes halogenated alkanes) is 1. The third-order valence-corrected chi connectivity index (χ3v) is 5.06. The van der Waals surface area contributed by atoms with Crippen molar-refractivity contribution in [2.75, 3.05) is 0 Å². The molecule has 0 bridgehead atoms. The molecule has 1 fully saturated rings. The summed E-state index contributed by atoms with van der Waals surface area (Å²) in [4.78, 5) is 0. The Bertz CT molecular complexity index is 163. The molecule has 0 aliphatic heterocycles. The zero-order chi connectivity index (χ0) is 10.9. The summed E-state index contributed by atoms with van der Waals surface area (Å²) in [5, 5.41) is 0. The van der Waals surface area contributed by atoms with E-state index in [0.717, 1.165) is 23.7 Å². The van der Waals surface area contributed by atoms with E-state index in [1.165, 1.54) is 19.3 Å². The molecule has 0 aromatic rings. The van der Waals surface area contributed by atoms with Gasteiger partial charge in [-0.25, -0.2) is 0 Å². The summed E-state index contributed by atoms with van der Waals surface area (Å²) in [7, 11) is 0. The Morgan fingerprint density at radius 2 is 1.57 bits per heavy atom. The Balaban J connectivity index is 2.62. The fraction of sp³-hybridized carbons (Fsp3) is 1.00. The summed E-state index contributed by atoms with van der Waals surface area (Å²) in [5.74, 6) is 3.69. The predicted octanol–water partition coefficient (Wildman–Crippen LogP) is 4.74. The van der Waals surface area contributed by atoms with Gasteiger partial charge in [0.25, 0.3) is 0 Å². The van der Waals surface area contributed by atoms with E-state index in [0.29, 0.717) is 5.41 Å². The highest BCUT2D eigenvalue weighted by atomic mass is 14.7. The van der Waals surface area contributed by atoms with Crippen molar-refractivity contribution in [3.63, 3.8) is 0 Å². The van der Waals surface area contributed by atoms with E-state index in [2.05, 4.69) is 41.5 Å². The summed E-state index contributed by atoms with van der Waals surface area (Å²) in [6.45, 7) is 14.5. The maximum Gasteiger partial charge on any atom is -0.0192 e. The van der Waals surface area contributed by atoms with Gasteiger partial charge in [0.1, 0.15) is 0 Å². The Morgan fingerprint density at radius 1 is 1.07 bits per heavy atom. The molecule has 0 amide bonds. The number of hydrogen-bond acceptors (Lipinski definition) is 0. The van der Waals surface area contributed by atoms with Crippen molar-refractivity contribution >= 4 is 0 Å². The minimum Gasteiger partial charge on any atom is -0.0654 e. The predicted molar refractivity (Wildman–Crippen MR) is 64.3 cm³/mol. The lowest BCUT2D eigenvalue weighted by Crippen LogP contribution is -2.23. The van der Waals surface area contributed by atoms with Gasteiger partial charge in [0.05, 0.1) is 0 Å². The maximum atomic E-state index is 2.48. The monoisotopic (exact) mass is 196 g/mol. The zero-order valence-corrected chi connectivity index (χ0v) is 10.9. The average Bonchev–Trinajstić information content (AvgIpc) is 2.67. The van der Waals surface area contributed by atoms with Gasteiger partial charge >= 0.3 is 0 Å². The second kappa shape index (κ2) is 4.24. The minimum atomic E-state index is 0.676. The minimum absolute atomic E-state index is 0.676. The molecule has 0 radical (unpaired) electrons. The van der Waals surface area contributed by atoms with E-state index in [1.807, 2.05) is 0 Å². The van der Waals surface area contributed by atoms with Crippen molar-refractivity contribution < 1.29 is 0 Å². The lowest BCUT2D eigenvalue weighted by atomic mass is 9.75. The normalized spacial score (nSPS) is 38.8. The second-order valence-corrected chi connectivity index (χ2v) is 5.78. The lowest BCUT2D eigenvalue weighted by Gasteiger charge is -2.29. The average molecular weight is 196 g/mol. The first-order chi connectivity index (χ1) is 6.49. The molecule has 0 spiro atoms. The van der Waals surface area contributed by atoms with Crippen LogP contribution in [0.1, 0.15) is 60.8 Å². The van der Waals surface area contributed by atoms with E-state index in [1.54, 1.807) is 0 Å². The highest BCUT2D eigenvalue weighted by molar-refractivity contribution is 5.10. The van der Waals surface area contributed by atoms with Crippen LogP contribution in [0.25, 0.3) is 0 Å². The molecule has 0 aromatic heterocycles. The molecule has 0 N–H and O–H groups in total. The van der Waals surface area contributed by atoms with Crippen LogP contribution in [-0.2, 0) is 0 Å². The molecule has 0 nitrogen and oxygen atoms in total. The highest BCUT2D eigenvalue weighted by Gasteiger charge is 2.62. The first-order valence-electron chi connectivity index (χ1n) is 6.49. The van der Waals surface area contributed by atoms with Gasteiger partial charge in [0, 0.05) is 0 Å². The van der Waals surface area contributed by atoms with Crippen molar-refractivity contribution in [2.45, 2.75) is 60.8 Å². The Kier molecular flexibility index (Phi) is 3.66. The maximum absolute atomic E-state index is 2.48. The topological polar surface area (TPSA) is 0 Å². The van der Waals surface area contributed by atoms with Gasteiger partial charge < -0.3 is 0 Å². The summed E-state index contributed by atoms with van der Waals surface area (Å²) in [5.41, 5.74) is 0.676. The van der Waals surface area contributed by atoms with E-state index in [-0.39, 0.29) is 0 Å². The van der Waals surface area contributed by atoms with E-state index in [9.17, 15) is 0 Å². The van der Waals surface area contributed by atoms with Gasteiger partial charge in [-0.1, -0.05) is 60.8 Å². The molecule has 1 saturated carbocycles. The van der Waals surface area contributed by atoms with Crippen LogP contribution in [-0.4, -0.2) is 0 Å². The quantitative estimate of drug-likeness (QED) is 0.595. The van der Waals surface area contributed by atoms with Crippen molar-refractivity contribution in [1.82, 2.24) is 0 Å². The second-order valence-electron chi connectivity index (χ2n) is 5.78. The van der Waals surface area contributed by atoms with Crippen molar-refractivity contribution in [3.8, 4) is 0 Å². The van der Waals surface area contributed by atoms with Crippen LogP contribution in [0.2, 0.25) is 0 Å². The first kappa shape index (κ1) is 12.1. The lowest BCUT2D eigenvalue weighted by molar-refractivity contribution is 0.191. The van der Waals surface area contributed by atoms with E-state index >= 15 is 0 Å². The highest BCUT2D eigenvalue weighted by Crippen LogP contribution is 2.67. The summed E-state index contributed by atoms with van der Waals surface area (Å²) >= 11 is 0. The number of rotatable bonds is 5. The molecule has 0 aromatic carbocycles. The molecular weight excluding hydrogens is 168 g/mol. The van der Waals surface area contributed by atoms with Crippen molar-refractivity contribution in [1.29, 1.82) is 0 Å². The Morgan fingerprint density at radius 3 is 1.86 bits per heavy atom. The van der Waals surface area contributed by atoms with Crippen molar-refractivity contribution in [2.24, 2.45) is 29.1 Å². The van der Waals surface area contributed by atoms with Crippen LogP contribution in [0.4, 0.5) is 0 Å². The van der Waals surface area contributed by atoms with Gasteiger partial charge in [-0.05, 0) is 29.1 Å². The third-order valence-electron chi connectivity index (χ3n) is 5.06. The summed E-state index contributed by atoms with van der Waals surface area (Å²) in [6, 6.07) is 0. The Labute approximate surface area is 90.5 Å². The van der Waals surface area contributed by atoms with Crippen LogP contribution in [0.15, 0.2) is 0 Å². The first-order valence-corrected chi connectivity index (χ1v) is 6.49. The summed E-state index contributed by atoms with van der Waals surface area (Å²) < 4.78 is 0. The molecule has 1 aliphatic rings. The molecule has 1 rings (SSSR count). The fourth-order valence-corrected chi connectivity index (χ4v) is 4.12. The van der Waals surface area contributed by atoms with Gasteiger partial charge in [-0.15, -0.1) is 0 Å². The number of hydrogen-bond donors (Lipinski definition) is 0. The third kappa shape index (κ3) is 1.61. The Hall–Kier alpha value is 0. The van der Waals surface area contributed by atoms with Gasteiger partial charge in [0.2, 0.25) is 0 Å². The molecule has 0 heterocycles. The smallest absolute Gasteiger partial charge is 0.0192 e. The van der Waals surface area contributed by atoms with Crippen molar-refractivity contribution in [3.05, 3.63) is 0 Å². The SMILES string of the molecule is CCCCC(C)C1(C(C)C)C(C)C1C. The molecule has 84 valence electrons. The zero-order valence-electron chi connectivity index (χ0n) is 10.9. The van der Waals surface area contributed by atoms with Gasteiger partial charge in [-0.2, -0.15) is 0 Å². The van der Waals surface area contributed by atoms with Crippen LogP contribution in [0, 0.1) is 29.1 Å². The molecule has 3 atom stereocenters. The standard InChI is InChI=1S/C14H28/c1-7-8-9-11(4)14(10(2)3)12(5)13(14)6/h10-13H,7-9H2,1-6H3. The van der Waals surface area contributed by atoms with Gasteiger partial charge in [0.15, 0.2) is 0 Å². The van der Waals surface area contributed by atoms with E-state index in [4.69, 9.17) is 0 Å². The van der Waals surface area contributed by atoms with Crippen LogP contribution >= 0.6 is 0 Å². The summed E-state index contributed by atoms with van der Waals surface area (Å²) in [6.07, 6.45) is 4.19. The van der Waals surface area contributed by atoms with Crippen LogP contribution in [0.5, 0.6) is 0 Å². The molecule has 14 heavy (non-hydrogen) atoms. The van der Waals surface area contributed by atoms with Crippen LogP contribution < -0.4 is 0 Å². The van der Waals surface area contributed by atoms with Gasteiger partial charge in [-0.3, -0.25) is 0 Å². The van der Waals surface area contributed by atoms with Crippen LogP contribution in [0.3, 0.4) is 0 Å². The molecule has 0 saturated heterocycles. The molecule has 3 unspecified atom stereocenters. The van der Waals surface area contributed by atoms with E-state index < -0.39 is 0 Å². The molecule has 1 aliphatic carbocycles. The molecule has 0 heteroatoms. The largest absolute Gasteiger partial charge is 0.0654 e. The molecular formula is C14H28. The fourth-order valence-electron chi connectivity index (χ4n) is 4.12.